The number of aromatic nitrogens is 1. The Morgan fingerprint density at radius 3 is 2.32 bits per heavy atom. The van der Waals surface area contributed by atoms with Crippen LogP contribution in [0.1, 0.15) is 15.9 Å². The minimum atomic E-state index is -0.427. The maximum Gasteiger partial charge on any atom is 0.338 e. The van der Waals surface area contributed by atoms with E-state index in [1.165, 1.54) is 0 Å². The van der Waals surface area contributed by atoms with Crippen LogP contribution in [0.3, 0.4) is 0 Å². The summed E-state index contributed by atoms with van der Waals surface area (Å²) in [6.07, 6.45) is 0.654. The van der Waals surface area contributed by atoms with E-state index >= 15 is 0 Å². The van der Waals surface area contributed by atoms with Gasteiger partial charge in [0.1, 0.15) is 0 Å². The highest BCUT2D eigenvalue weighted by Gasteiger charge is 2.11. The molecule has 0 atom stereocenters. The topological polar surface area (TPSA) is 59.2 Å². The lowest BCUT2D eigenvalue weighted by Gasteiger charge is -2.08. The number of aromatic amines is 1. The molecule has 4 aromatic rings. The molecule has 0 saturated carbocycles. The second-order valence-corrected chi connectivity index (χ2v) is 6.55. The molecule has 1 aromatic heterocycles. The molecule has 4 nitrogen and oxygen atoms in total. The third-order valence-corrected chi connectivity index (χ3v) is 4.62. The van der Waals surface area contributed by atoms with Gasteiger partial charge >= 0.3 is 5.97 Å². The van der Waals surface area contributed by atoms with Gasteiger partial charge in [0, 0.05) is 29.1 Å². The largest absolute Gasteiger partial charge is 0.462 e. The molecule has 1 N–H and O–H groups in total. The van der Waals surface area contributed by atoms with Crippen molar-refractivity contribution in [3.05, 3.63) is 106 Å². The van der Waals surface area contributed by atoms with Gasteiger partial charge in [-0.1, -0.05) is 60.7 Å². The van der Waals surface area contributed by atoms with E-state index in [2.05, 4.69) is 4.98 Å². The molecule has 4 rings (SSSR count). The predicted molar refractivity (Wildman–Crippen MR) is 110 cm³/mol. The Hall–Kier alpha value is -3.66. The van der Waals surface area contributed by atoms with Crippen LogP contribution >= 0.6 is 0 Å². The van der Waals surface area contributed by atoms with E-state index in [1.54, 1.807) is 24.3 Å². The molecule has 4 heteroatoms. The van der Waals surface area contributed by atoms with Gasteiger partial charge in [-0.3, -0.25) is 4.79 Å². The van der Waals surface area contributed by atoms with Crippen LogP contribution in [-0.2, 0) is 11.2 Å². The Balaban J connectivity index is 1.53. The lowest BCUT2D eigenvalue weighted by atomic mass is 10.1. The molecule has 0 unspecified atom stereocenters. The molecule has 0 radical (unpaired) electrons. The van der Waals surface area contributed by atoms with E-state index < -0.39 is 5.97 Å². The summed E-state index contributed by atoms with van der Waals surface area (Å²) < 4.78 is 5.36. The van der Waals surface area contributed by atoms with E-state index in [9.17, 15) is 9.59 Å². The number of nitrogens with one attached hydrogen (secondary N) is 1. The lowest BCUT2D eigenvalue weighted by Crippen LogP contribution is -2.10. The van der Waals surface area contributed by atoms with Gasteiger partial charge in [0.25, 0.3) is 0 Å². The molecule has 0 bridgehead atoms. The zero-order valence-corrected chi connectivity index (χ0v) is 15.2. The zero-order chi connectivity index (χ0) is 19.3. The average Bonchev–Trinajstić information content (AvgIpc) is 2.75. The van der Waals surface area contributed by atoms with E-state index in [0.717, 1.165) is 16.8 Å². The van der Waals surface area contributed by atoms with Crippen molar-refractivity contribution < 1.29 is 9.53 Å². The molecule has 0 amide bonds. The monoisotopic (exact) mass is 369 g/mol. The first-order valence-electron chi connectivity index (χ1n) is 9.14. The average molecular weight is 369 g/mol. The van der Waals surface area contributed by atoms with Gasteiger partial charge in [-0.25, -0.2) is 4.79 Å². The number of ether oxygens (including phenoxy) is 1. The first-order valence-corrected chi connectivity index (χ1v) is 9.14. The molecule has 0 saturated heterocycles. The molecule has 28 heavy (non-hydrogen) atoms. The van der Waals surface area contributed by atoms with Gasteiger partial charge < -0.3 is 9.72 Å². The number of esters is 1. The third kappa shape index (κ3) is 3.86. The van der Waals surface area contributed by atoms with Gasteiger partial charge in [-0.2, -0.15) is 0 Å². The van der Waals surface area contributed by atoms with E-state index in [-0.39, 0.29) is 5.43 Å². The first kappa shape index (κ1) is 17.7. The van der Waals surface area contributed by atoms with Gasteiger partial charge in [0.2, 0.25) is 0 Å². The SMILES string of the molecule is O=C(OCCc1ccccc1)c1ccc2[nH]c(-c3ccccc3)cc(=O)c2c1. The molecule has 0 aliphatic rings. The van der Waals surface area contributed by atoms with Crippen molar-refractivity contribution in [3.63, 3.8) is 0 Å². The third-order valence-electron chi connectivity index (χ3n) is 4.62. The summed E-state index contributed by atoms with van der Waals surface area (Å²) in [4.78, 5) is 28.2. The highest BCUT2D eigenvalue weighted by molar-refractivity contribution is 5.94. The fraction of sp³-hybridized carbons (Fsp3) is 0.0833. The number of H-pyrrole nitrogens is 1. The number of pyridine rings is 1. The maximum atomic E-state index is 12.6. The molecule has 0 fully saturated rings. The fourth-order valence-electron chi connectivity index (χ4n) is 3.14. The predicted octanol–water partition coefficient (Wildman–Crippen LogP) is 4.59. The van der Waals surface area contributed by atoms with Crippen molar-refractivity contribution in [2.24, 2.45) is 0 Å². The minimum Gasteiger partial charge on any atom is -0.462 e. The molecule has 3 aromatic carbocycles. The summed E-state index contributed by atoms with van der Waals surface area (Å²) >= 11 is 0. The number of benzene rings is 3. The summed E-state index contributed by atoms with van der Waals surface area (Å²) in [5.41, 5.74) is 3.72. The smallest absolute Gasteiger partial charge is 0.338 e. The van der Waals surface area contributed by atoms with Crippen LogP contribution in [0.2, 0.25) is 0 Å². The first-order chi connectivity index (χ1) is 13.7. The van der Waals surface area contributed by atoms with E-state index in [4.69, 9.17) is 4.74 Å². The van der Waals surface area contributed by atoms with Crippen LogP contribution in [0.5, 0.6) is 0 Å². The Morgan fingerprint density at radius 1 is 0.857 bits per heavy atom. The summed E-state index contributed by atoms with van der Waals surface area (Å²) in [6, 6.07) is 26.1. The number of fused-ring (bicyclic) bond motifs is 1. The molecular weight excluding hydrogens is 350 g/mol. The normalized spacial score (nSPS) is 10.7. The molecule has 0 aliphatic carbocycles. The number of rotatable bonds is 5. The van der Waals surface area contributed by atoms with E-state index in [1.807, 2.05) is 60.7 Å². The zero-order valence-electron chi connectivity index (χ0n) is 15.2. The van der Waals surface area contributed by atoms with Crippen LogP contribution in [0.4, 0.5) is 0 Å². The Bertz CT molecular complexity index is 1160. The van der Waals surface area contributed by atoms with Crippen molar-refractivity contribution in [1.29, 1.82) is 0 Å². The van der Waals surface area contributed by atoms with Crippen LogP contribution in [0.15, 0.2) is 89.7 Å². The lowest BCUT2D eigenvalue weighted by molar-refractivity contribution is 0.0509. The molecule has 138 valence electrons. The Morgan fingerprint density at radius 2 is 1.57 bits per heavy atom. The van der Waals surface area contributed by atoms with Crippen LogP contribution in [0, 0.1) is 0 Å². The summed E-state index contributed by atoms with van der Waals surface area (Å²) in [6.45, 7) is 0.296. The Labute approximate surface area is 162 Å². The van der Waals surface area contributed by atoms with Crippen LogP contribution < -0.4 is 5.43 Å². The Kier molecular flexibility index (Phi) is 5.02. The quantitative estimate of drug-likeness (QED) is 0.523. The molecule has 1 heterocycles. The summed E-state index contributed by atoms with van der Waals surface area (Å²) in [5.74, 6) is -0.427. The van der Waals surface area contributed by atoms with E-state index in [0.29, 0.717) is 29.5 Å². The minimum absolute atomic E-state index is 0.133. The summed E-state index contributed by atoms with van der Waals surface area (Å²) in [7, 11) is 0. The van der Waals surface area contributed by atoms with Gasteiger partial charge in [0.05, 0.1) is 12.2 Å². The highest BCUT2D eigenvalue weighted by atomic mass is 16.5. The highest BCUT2D eigenvalue weighted by Crippen LogP contribution is 2.19. The van der Waals surface area contributed by atoms with Crippen molar-refractivity contribution >= 4 is 16.9 Å². The standard InChI is InChI=1S/C24H19NO3/c26-23-16-22(18-9-5-2-6-10-18)25-21-12-11-19(15-20(21)23)24(27)28-14-13-17-7-3-1-4-8-17/h1-12,15-16H,13-14H2,(H,25,26). The number of hydrogen-bond donors (Lipinski definition) is 1. The second kappa shape index (κ2) is 7.92. The van der Waals surface area contributed by atoms with Gasteiger partial charge in [-0.05, 0) is 29.3 Å². The second-order valence-electron chi connectivity index (χ2n) is 6.55. The van der Waals surface area contributed by atoms with Crippen LogP contribution in [-0.4, -0.2) is 17.6 Å². The molecule has 0 spiro atoms. The van der Waals surface area contributed by atoms with Crippen molar-refractivity contribution in [2.75, 3.05) is 6.61 Å². The number of hydrogen-bond acceptors (Lipinski definition) is 3. The fourth-order valence-corrected chi connectivity index (χ4v) is 3.14. The molecular formula is C24H19NO3. The maximum absolute atomic E-state index is 12.6. The number of carbonyl (C=O) groups excluding carboxylic acids is 1. The molecule has 0 aliphatic heterocycles. The van der Waals surface area contributed by atoms with Gasteiger partial charge in [0.15, 0.2) is 5.43 Å². The van der Waals surface area contributed by atoms with Gasteiger partial charge in [-0.15, -0.1) is 0 Å². The van der Waals surface area contributed by atoms with Crippen molar-refractivity contribution in [1.82, 2.24) is 4.98 Å². The van der Waals surface area contributed by atoms with Crippen molar-refractivity contribution in [2.45, 2.75) is 6.42 Å². The van der Waals surface area contributed by atoms with Crippen molar-refractivity contribution in [3.8, 4) is 11.3 Å². The summed E-state index contributed by atoms with van der Waals surface area (Å²) in [5, 5.41) is 0.470. The van der Waals surface area contributed by atoms with Crippen LogP contribution in [0.25, 0.3) is 22.2 Å². The number of carbonyl (C=O) groups is 1.